The molecule has 184 valence electrons. The number of aryl methyl sites for hydroxylation is 1. The number of nitrogens with zero attached hydrogens (tertiary/aromatic N) is 3. The van der Waals surface area contributed by atoms with E-state index in [4.69, 9.17) is 4.74 Å². The van der Waals surface area contributed by atoms with Crippen molar-refractivity contribution in [2.24, 2.45) is 7.05 Å². The fourth-order valence-electron chi connectivity index (χ4n) is 4.29. The van der Waals surface area contributed by atoms with Crippen molar-refractivity contribution in [2.75, 3.05) is 38.7 Å². The Bertz CT molecular complexity index is 1250. The molecule has 10 heteroatoms. The number of anilines is 1. The molecule has 1 fully saturated rings. The Labute approximate surface area is 201 Å². The molecule has 2 atom stereocenters. The van der Waals surface area contributed by atoms with Crippen molar-refractivity contribution >= 4 is 11.7 Å². The highest BCUT2D eigenvalue weighted by molar-refractivity contribution is 5.93. The fraction of sp³-hybridized carbons (Fsp3) is 0.320. The number of methoxy groups -OCH3 is 1. The average molecular weight is 484 g/mol. The van der Waals surface area contributed by atoms with Crippen molar-refractivity contribution in [3.05, 3.63) is 82.1 Å². The van der Waals surface area contributed by atoms with Gasteiger partial charge in [0.2, 0.25) is 0 Å². The zero-order valence-electron chi connectivity index (χ0n) is 19.5. The maximum absolute atomic E-state index is 13.9. The van der Waals surface area contributed by atoms with Gasteiger partial charge in [-0.25, -0.2) is 18.3 Å². The molecular weight excluding hydrogens is 456 g/mol. The molecule has 0 aliphatic carbocycles. The van der Waals surface area contributed by atoms with Gasteiger partial charge in [-0.2, -0.15) is 5.10 Å². The molecule has 1 aromatic heterocycles. The van der Waals surface area contributed by atoms with E-state index < -0.39 is 17.7 Å². The lowest BCUT2D eigenvalue weighted by Gasteiger charge is -2.21. The molecule has 8 nitrogen and oxygen atoms in total. The maximum Gasteiger partial charge on any atom is 0.319 e. The van der Waals surface area contributed by atoms with Crippen molar-refractivity contribution in [2.45, 2.75) is 12.0 Å². The lowest BCUT2D eigenvalue weighted by molar-refractivity contribution is 0.159. The summed E-state index contributed by atoms with van der Waals surface area (Å²) in [5.74, 6) is -2.11. The highest BCUT2D eigenvalue weighted by Gasteiger charge is 2.35. The van der Waals surface area contributed by atoms with Gasteiger partial charge in [-0.15, -0.1) is 0 Å². The number of rotatable bonds is 7. The number of likely N-dealkylation sites (tertiary alicyclic amines) is 1. The molecule has 2 N–H and O–H groups in total. The van der Waals surface area contributed by atoms with Gasteiger partial charge in [0.05, 0.1) is 18.3 Å². The van der Waals surface area contributed by atoms with Crippen molar-refractivity contribution < 1.29 is 18.3 Å². The maximum atomic E-state index is 13.9. The molecule has 2 amide bonds. The molecule has 2 unspecified atom stereocenters. The number of hydrogen-bond donors (Lipinski definition) is 2. The first-order chi connectivity index (χ1) is 16.9. The summed E-state index contributed by atoms with van der Waals surface area (Å²) in [6.07, 6.45) is 0. The molecule has 4 rings (SSSR count). The van der Waals surface area contributed by atoms with Crippen molar-refractivity contribution in [1.29, 1.82) is 0 Å². The van der Waals surface area contributed by atoms with Crippen LogP contribution >= 0.6 is 0 Å². The molecule has 35 heavy (non-hydrogen) atoms. The number of urea groups is 1. The van der Waals surface area contributed by atoms with Crippen LogP contribution in [0.5, 0.6) is 0 Å². The smallest absolute Gasteiger partial charge is 0.319 e. The lowest BCUT2D eigenvalue weighted by atomic mass is 9.94. The summed E-state index contributed by atoms with van der Waals surface area (Å²) >= 11 is 0. The summed E-state index contributed by atoms with van der Waals surface area (Å²) in [5.41, 5.74) is 1.69. The monoisotopic (exact) mass is 483 g/mol. The first-order valence-electron chi connectivity index (χ1n) is 11.2. The zero-order valence-corrected chi connectivity index (χ0v) is 19.5. The van der Waals surface area contributed by atoms with Crippen LogP contribution in [-0.4, -0.2) is 60.1 Å². The summed E-state index contributed by atoms with van der Waals surface area (Å²) in [7, 11) is 3.15. The van der Waals surface area contributed by atoms with Crippen LogP contribution in [0.1, 0.15) is 11.5 Å². The van der Waals surface area contributed by atoms with Crippen LogP contribution in [0.3, 0.4) is 0 Å². The summed E-state index contributed by atoms with van der Waals surface area (Å²) < 4.78 is 33.8. The summed E-state index contributed by atoms with van der Waals surface area (Å²) in [6.45, 7) is 2.18. The number of ether oxygens (including phenoxy) is 1. The second-order valence-electron chi connectivity index (χ2n) is 8.47. The third-order valence-corrected chi connectivity index (χ3v) is 6.08. The number of carbonyl (C=O) groups excluding carboxylic acids is 1. The van der Waals surface area contributed by atoms with Gasteiger partial charge in [-0.3, -0.25) is 9.69 Å². The molecule has 0 spiro atoms. The van der Waals surface area contributed by atoms with Gasteiger partial charge < -0.3 is 15.4 Å². The highest BCUT2D eigenvalue weighted by Crippen LogP contribution is 2.29. The number of nitrogens with one attached hydrogen (secondary N) is 2. The van der Waals surface area contributed by atoms with Crippen molar-refractivity contribution in [3.8, 4) is 11.3 Å². The van der Waals surface area contributed by atoms with E-state index >= 15 is 0 Å². The highest BCUT2D eigenvalue weighted by atomic mass is 19.2. The van der Waals surface area contributed by atoms with E-state index in [0.29, 0.717) is 37.5 Å². The van der Waals surface area contributed by atoms with Gasteiger partial charge >= 0.3 is 6.03 Å². The molecule has 3 aromatic rings. The minimum absolute atomic E-state index is 0.261. The summed E-state index contributed by atoms with van der Waals surface area (Å²) in [5, 5.41) is 10.0. The van der Waals surface area contributed by atoms with Crippen LogP contribution in [0.25, 0.3) is 11.3 Å². The molecule has 2 heterocycles. The Morgan fingerprint density at radius 2 is 1.89 bits per heavy atom. The molecule has 2 aromatic carbocycles. The van der Waals surface area contributed by atoms with E-state index in [9.17, 15) is 18.4 Å². The molecular formula is C25H27F2N5O3. The number of halogens is 2. The Hall–Kier alpha value is -3.63. The predicted molar refractivity (Wildman–Crippen MR) is 128 cm³/mol. The van der Waals surface area contributed by atoms with E-state index in [1.165, 1.54) is 29.9 Å². The van der Waals surface area contributed by atoms with Gasteiger partial charge in [0.25, 0.3) is 5.56 Å². The van der Waals surface area contributed by atoms with Gasteiger partial charge in [0.1, 0.15) is 5.69 Å². The summed E-state index contributed by atoms with van der Waals surface area (Å²) in [4.78, 5) is 27.4. The Morgan fingerprint density at radius 1 is 1.11 bits per heavy atom. The molecule has 0 bridgehead atoms. The number of carbonyl (C=O) groups is 1. The quantitative estimate of drug-likeness (QED) is 0.540. The van der Waals surface area contributed by atoms with Crippen LogP contribution < -0.4 is 16.2 Å². The topological polar surface area (TPSA) is 88.5 Å². The van der Waals surface area contributed by atoms with E-state index in [-0.39, 0.29) is 23.2 Å². The number of benzene rings is 2. The van der Waals surface area contributed by atoms with Gasteiger partial charge in [0, 0.05) is 51.3 Å². The summed E-state index contributed by atoms with van der Waals surface area (Å²) in [6, 6.07) is 13.4. The lowest BCUT2D eigenvalue weighted by Crippen LogP contribution is -2.42. The Balaban J connectivity index is 1.56. The third-order valence-electron chi connectivity index (χ3n) is 6.08. The molecule has 1 aliphatic rings. The third kappa shape index (κ3) is 5.72. The van der Waals surface area contributed by atoms with Gasteiger partial charge in [-0.05, 0) is 17.7 Å². The minimum Gasteiger partial charge on any atom is -0.383 e. The van der Waals surface area contributed by atoms with Crippen LogP contribution in [-0.2, 0) is 11.8 Å². The first-order valence-corrected chi connectivity index (χ1v) is 11.2. The molecule has 0 saturated carbocycles. The van der Waals surface area contributed by atoms with Gasteiger partial charge in [0.15, 0.2) is 11.6 Å². The number of aromatic nitrogens is 2. The van der Waals surface area contributed by atoms with E-state index in [2.05, 4.69) is 20.6 Å². The first kappa shape index (κ1) is 24.5. The Morgan fingerprint density at radius 3 is 2.60 bits per heavy atom. The van der Waals surface area contributed by atoms with E-state index in [1.54, 1.807) is 7.11 Å². The van der Waals surface area contributed by atoms with Crippen molar-refractivity contribution in [3.63, 3.8) is 0 Å². The van der Waals surface area contributed by atoms with Crippen LogP contribution in [0.15, 0.2) is 59.4 Å². The van der Waals surface area contributed by atoms with Crippen LogP contribution in [0.4, 0.5) is 19.3 Å². The Kier molecular flexibility index (Phi) is 7.52. The largest absolute Gasteiger partial charge is 0.383 e. The molecule has 1 saturated heterocycles. The van der Waals surface area contributed by atoms with Crippen molar-refractivity contribution in [1.82, 2.24) is 20.0 Å². The fourth-order valence-corrected chi connectivity index (χ4v) is 4.29. The normalized spacial score (nSPS) is 17.9. The standard InChI is InChI=1S/C25H27F2N5O3/c1-31-23(33)13-21(24(30-31)16-6-4-3-5-7-16)28-25(34)29-22-15-32(10-11-35-2)14-18(22)17-8-9-19(26)20(27)12-17/h3-9,12-13,18,22H,10-11,14-15H2,1-2H3,(H2,28,29,34). The molecule has 1 aliphatic heterocycles. The molecule has 0 radical (unpaired) electrons. The van der Waals surface area contributed by atoms with E-state index in [1.807, 2.05) is 30.3 Å². The van der Waals surface area contributed by atoms with Crippen LogP contribution in [0, 0.1) is 11.6 Å². The van der Waals surface area contributed by atoms with Gasteiger partial charge in [-0.1, -0.05) is 36.4 Å². The number of hydrogen-bond acceptors (Lipinski definition) is 5. The van der Waals surface area contributed by atoms with Crippen LogP contribution in [0.2, 0.25) is 0 Å². The van der Waals surface area contributed by atoms with E-state index in [0.717, 1.165) is 11.6 Å². The second-order valence-corrected chi connectivity index (χ2v) is 8.47. The second kappa shape index (κ2) is 10.7. The SMILES string of the molecule is COCCN1CC(NC(=O)Nc2cc(=O)n(C)nc2-c2ccccc2)C(c2ccc(F)c(F)c2)C1. The predicted octanol–water partition coefficient (Wildman–Crippen LogP) is 2.96. The minimum atomic E-state index is -0.931. The average Bonchev–Trinajstić information content (AvgIpc) is 3.24. The zero-order chi connectivity index (χ0) is 24.9. The number of amides is 2.